The Kier molecular flexibility index (Phi) is 6.04. The third-order valence-corrected chi connectivity index (χ3v) is 4.62. The van der Waals surface area contributed by atoms with Gasteiger partial charge in [0.2, 0.25) is 5.88 Å². The van der Waals surface area contributed by atoms with Crippen molar-refractivity contribution in [1.82, 2.24) is 5.16 Å². The molecule has 0 aliphatic carbocycles. The molecule has 1 amide bonds. The van der Waals surface area contributed by atoms with Crippen LogP contribution in [-0.4, -0.2) is 24.1 Å². The number of ether oxygens (including phenoxy) is 1. The molecule has 1 N–H and O–H groups in total. The number of hydrogen-bond acceptors (Lipinski definition) is 5. The van der Waals surface area contributed by atoms with Crippen LogP contribution in [0, 0.1) is 0 Å². The highest BCUT2D eigenvalue weighted by Gasteiger charge is 2.36. The van der Waals surface area contributed by atoms with E-state index in [1.54, 1.807) is 6.07 Å². The lowest BCUT2D eigenvalue weighted by molar-refractivity contribution is -0.137. The highest BCUT2D eigenvalue weighted by molar-refractivity contribution is 6.39. The van der Waals surface area contributed by atoms with E-state index in [2.05, 4.69) is 15.2 Å². The molecule has 11 heteroatoms. The average Bonchev–Trinajstić information content (AvgIpc) is 3.09. The van der Waals surface area contributed by atoms with Crippen LogP contribution in [0.2, 0.25) is 10.0 Å². The van der Waals surface area contributed by atoms with Gasteiger partial charge in [0.1, 0.15) is 5.69 Å². The van der Waals surface area contributed by atoms with Crippen molar-refractivity contribution in [2.24, 2.45) is 0 Å². The van der Waals surface area contributed by atoms with Crippen molar-refractivity contribution < 1.29 is 32.0 Å². The second kappa shape index (κ2) is 8.37. The first-order valence-corrected chi connectivity index (χ1v) is 8.90. The molecule has 0 spiro atoms. The maximum absolute atomic E-state index is 13.2. The van der Waals surface area contributed by atoms with E-state index in [9.17, 15) is 22.8 Å². The fourth-order valence-corrected chi connectivity index (χ4v) is 3.24. The molecule has 3 aromatic rings. The maximum Gasteiger partial charge on any atom is 0.417 e. The predicted molar refractivity (Wildman–Crippen MR) is 103 cm³/mol. The molecule has 0 bridgehead atoms. The zero-order valence-electron chi connectivity index (χ0n) is 15.0. The zero-order chi connectivity index (χ0) is 22.1. The number of alkyl halides is 3. The van der Waals surface area contributed by atoms with Crippen molar-refractivity contribution >= 4 is 41.0 Å². The van der Waals surface area contributed by atoms with Gasteiger partial charge in [0.15, 0.2) is 5.56 Å². The first kappa shape index (κ1) is 21.7. The second-order valence-electron chi connectivity index (χ2n) is 5.82. The summed E-state index contributed by atoms with van der Waals surface area (Å²) in [7, 11) is 1.07. The summed E-state index contributed by atoms with van der Waals surface area (Å²) in [4.78, 5) is 24.8. The Balaban J connectivity index is 2.08. The van der Waals surface area contributed by atoms with E-state index in [1.165, 1.54) is 18.2 Å². The summed E-state index contributed by atoms with van der Waals surface area (Å²) in [5, 5.41) is 6.09. The highest BCUT2D eigenvalue weighted by atomic mass is 35.5. The van der Waals surface area contributed by atoms with E-state index in [0.717, 1.165) is 25.3 Å². The number of aromatic nitrogens is 1. The Morgan fingerprint density at radius 3 is 2.30 bits per heavy atom. The Bertz CT molecular complexity index is 1110. The number of amides is 1. The van der Waals surface area contributed by atoms with Gasteiger partial charge in [0.25, 0.3) is 5.91 Å². The third-order valence-electron chi connectivity index (χ3n) is 3.99. The largest absolute Gasteiger partial charge is 0.465 e. The summed E-state index contributed by atoms with van der Waals surface area (Å²) >= 11 is 12.3. The van der Waals surface area contributed by atoms with E-state index >= 15 is 0 Å². The number of carbonyl (C=O) groups excluding carboxylic acids is 2. The maximum atomic E-state index is 13.2. The molecule has 0 saturated heterocycles. The molecule has 0 fully saturated rings. The Hall–Kier alpha value is -3.04. The topological polar surface area (TPSA) is 81.4 Å². The van der Waals surface area contributed by atoms with Crippen molar-refractivity contribution in [3.63, 3.8) is 0 Å². The lowest BCUT2D eigenvalue weighted by atomic mass is 10.1. The first-order valence-electron chi connectivity index (χ1n) is 8.15. The Labute approximate surface area is 177 Å². The summed E-state index contributed by atoms with van der Waals surface area (Å²) in [6.07, 6.45) is -4.77. The molecule has 0 saturated carbocycles. The molecule has 0 atom stereocenters. The first-order chi connectivity index (χ1) is 14.1. The number of anilines is 1. The molecule has 30 heavy (non-hydrogen) atoms. The zero-order valence-corrected chi connectivity index (χ0v) is 16.5. The number of benzene rings is 2. The lowest BCUT2D eigenvalue weighted by Gasteiger charge is -2.12. The standard InChI is InChI=1S/C19H11Cl2F3N2O4/c1-29-18(28)14-15(13-11(20)7-4-8-12(13)21)26-30-17(14)25-16(27)9-5-2-3-6-10(9)19(22,23)24/h2-8H,1H3,(H,25,27). The fraction of sp³-hybridized carbons (Fsp3) is 0.105. The molecule has 0 radical (unpaired) electrons. The summed E-state index contributed by atoms with van der Waals surface area (Å²) in [5.41, 5.74) is -2.20. The quantitative estimate of drug-likeness (QED) is 0.506. The van der Waals surface area contributed by atoms with Crippen molar-refractivity contribution in [3.05, 3.63) is 69.2 Å². The number of hydrogen-bond donors (Lipinski definition) is 1. The molecule has 3 rings (SSSR count). The van der Waals surface area contributed by atoms with Crippen LogP contribution in [0.5, 0.6) is 0 Å². The van der Waals surface area contributed by atoms with Gasteiger partial charge in [-0.25, -0.2) is 4.79 Å². The van der Waals surface area contributed by atoms with Gasteiger partial charge in [0.05, 0.1) is 28.3 Å². The highest BCUT2D eigenvalue weighted by Crippen LogP contribution is 2.39. The number of rotatable bonds is 4. The molecular weight excluding hydrogens is 448 g/mol. The summed E-state index contributed by atoms with van der Waals surface area (Å²) < 4.78 is 49.3. The van der Waals surface area contributed by atoms with Gasteiger partial charge in [-0.3, -0.25) is 10.1 Å². The summed E-state index contributed by atoms with van der Waals surface area (Å²) in [5.74, 6) is -2.66. The predicted octanol–water partition coefficient (Wildman–Crippen LogP) is 5.71. The van der Waals surface area contributed by atoms with E-state index in [0.29, 0.717) is 0 Å². The molecule has 2 aromatic carbocycles. The van der Waals surface area contributed by atoms with Crippen molar-refractivity contribution in [2.45, 2.75) is 6.18 Å². The van der Waals surface area contributed by atoms with Crippen molar-refractivity contribution in [3.8, 4) is 11.3 Å². The normalized spacial score (nSPS) is 11.3. The molecule has 0 aliphatic rings. The van der Waals surface area contributed by atoms with Crippen molar-refractivity contribution in [1.29, 1.82) is 0 Å². The number of nitrogens with one attached hydrogen (secondary N) is 1. The van der Waals surface area contributed by atoms with Crippen LogP contribution in [0.1, 0.15) is 26.3 Å². The SMILES string of the molecule is COC(=O)c1c(-c2c(Cl)cccc2Cl)noc1NC(=O)c1ccccc1C(F)(F)F. The Morgan fingerprint density at radius 2 is 1.70 bits per heavy atom. The Morgan fingerprint density at radius 1 is 1.07 bits per heavy atom. The molecule has 1 aromatic heterocycles. The van der Waals surface area contributed by atoms with Gasteiger partial charge in [-0.05, 0) is 24.3 Å². The fourth-order valence-electron chi connectivity index (χ4n) is 2.66. The van der Waals surface area contributed by atoms with Gasteiger partial charge in [0, 0.05) is 5.56 Å². The van der Waals surface area contributed by atoms with Crippen LogP contribution in [0.25, 0.3) is 11.3 Å². The van der Waals surface area contributed by atoms with Gasteiger partial charge in [-0.1, -0.05) is 46.6 Å². The minimum absolute atomic E-state index is 0.126. The molecule has 6 nitrogen and oxygen atoms in total. The molecular formula is C19H11Cl2F3N2O4. The number of halogens is 5. The van der Waals surface area contributed by atoms with Gasteiger partial charge in [-0.15, -0.1) is 0 Å². The number of nitrogens with zero attached hydrogens (tertiary/aromatic N) is 1. The molecule has 156 valence electrons. The van der Waals surface area contributed by atoms with Gasteiger partial charge < -0.3 is 9.26 Å². The molecule has 1 heterocycles. The average molecular weight is 459 g/mol. The van der Waals surface area contributed by atoms with Gasteiger partial charge >= 0.3 is 12.1 Å². The van der Waals surface area contributed by atoms with Crippen LogP contribution < -0.4 is 5.32 Å². The van der Waals surface area contributed by atoms with E-state index in [1.807, 2.05) is 0 Å². The van der Waals surface area contributed by atoms with E-state index in [4.69, 9.17) is 27.7 Å². The third kappa shape index (κ3) is 4.12. The van der Waals surface area contributed by atoms with Crippen LogP contribution in [-0.2, 0) is 10.9 Å². The second-order valence-corrected chi connectivity index (χ2v) is 6.64. The van der Waals surface area contributed by atoms with Gasteiger partial charge in [-0.2, -0.15) is 13.2 Å². The number of carbonyl (C=O) groups is 2. The van der Waals surface area contributed by atoms with E-state index < -0.39 is 35.1 Å². The summed E-state index contributed by atoms with van der Waals surface area (Å²) in [6, 6.07) is 8.67. The van der Waals surface area contributed by atoms with Crippen LogP contribution in [0.3, 0.4) is 0 Å². The van der Waals surface area contributed by atoms with Crippen LogP contribution in [0.15, 0.2) is 47.0 Å². The van der Waals surface area contributed by atoms with E-state index in [-0.39, 0.29) is 26.9 Å². The lowest BCUT2D eigenvalue weighted by Crippen LogP contribution is -2.19. The minimum atomic E-state index is -4.77. The summed E-state index contributed by atoms with van der Waals surface area (Å²) in [6.45, 7) is 0. The number of methoxy groups -OCH3 is 1. The monoisotopic (exact) mass is 458 g/mol. The minimum Gasteiger partial charge on any atom is -0.465 e. The van der Waals surface area contributed by atoms with Crippen molar-refractivity contribution in [2.75, 3.05) is 12.4 Å². The number of esters is 1. The van der Waals surface area contributed by atoms with Crippen LogP contribution in [0.4, 0.5) is 19.1 Å². The molecule has 0 unspecified atom stereocenters. The smallest absolute Gasteiger partial charge is 0.417 e. The molecule has 0 aliphatic heterocycles. The van der Waals surface area contributed by atoms with Crippen LogP contribution >= 0.6 is 23.2 Å².